The Balaban J connectivity index is 0. The Bertz CT molecular complexity index is 375. The molecule has 0 aromatic rings. The number of hydrogen-bond donors (Lipinski definition) is 1. The Morgan fingerprint density at radius 1 is 1.14 bits per heavy atom. The Hall–Kier alpha value is -2.40. The van der Waals surface area contributed by atoms with E-state index in [0.717, 1.165) is 25.7 Å². The third-order valence-electron chi connectivity index (χ3n) is 2.26. The SMILES string of the molecule is C=C1CCOC1=O.C=CC(=O)O.C=CCN(CC=C)CC=C. The van der Waals surface area contributed by atoms with Gasteiger partial charge in [0, 0.05) is 37.7 Å². The summed E-state index contributed by atoms with van der Waals surface area (Å²) in [5.74, 6) is -1.22. The lowest BCUT2D eigenvalue weighted by Crippen LogP contribution is -2.23. The van der Waals surface area contributed by atoms with Gasteiger partial charge >= 0.3 is 11.9 Å². The lowest BCUT2D eigenvalue weighted by atomic mass is 10.3. The van der Waals surface area contributed by atoms with Gasteiger partial charge in [-0.3, -0.25) is 4.90 Å². The van der Waals surface area contributed by atoms with Crippen LogP contribution in [0.4, 0.5) is 0 Å². The van der Waals surface area contributed by atoms with Crippen LogP contribution in [-0.2, 0) is 14.3 Å². The number of esters is 1. The molecule has 1 saturated heterocycles. The maximum Gasteiger partial charge on any atom is 0.333 e. The van der Waals surface area contributed by atoms with Crippen LogP contribution < -0.4 is 0 Å². The normalized spacial score (nSPS) is 12.0. The van der Waals surface area contributed by atoms with Crippen molar-refractivity contribution in [3.8, 4) is 0 Å². The predicted molar refractivity (Wildman–Crippen MR) is 89.6 cm³/mol. The van der Waals surface area contributed by atoms with Crippen molar-refractivity contribution in [3.63, 3.8) is 0 Å². The van der Waals surface area contributed by atoms with Crippen molar-refractivity contribution in [1.29, 1.82) is 0 Å². The minimum atomic E-state index is -0.981. The third kappa shape index (κ3) is 14.0. The first-order valence-corrected chi connectivity index (χ1v) is 6.68. The van der Waals surface area contributed by atoms with Crippen molar-refractivity contribution >= 4 is 11.9 Å². The highest BCUT2D eigenvalue weighted by atomic mass is 16.5. The highest BCUT2D eigenvalue weighted by Gasteiger charge is 2.14. The van der Waals surface area contributed by atoms with Crippen molar-refractivity contribution in [2.75, 3.05) is 26.2 Å². The first-order chi connectivity index (χ1) is 10.4. The second kappa shape index (κ2) is 15.0. The predicted octanol–water partition coefficient (Wildman–Crippen LogP) is 2.59. The van der Waals surface area contributed by atoms with Crippen molar-refractivity contribution in [3.05, 3.63) is 62.8 Å². The van der Waals surface area contributed by atoms with Gasteiger partial charge in [0.2, 0.25) is 0 Å². The molecule has 1 rings (SSSR count). The van der Waals surface area contributed by atoms with E-state index in [4.69, 9.17) is 5.11 Å². The second-order valence-corrected chi connectivity index (χ2v) is 4.12. The van der Waals surface area contributed by atoms with Crippen LogP contribution in [0.1, 0.15) is 6.42 Å². The number of carboxylic acids is 1. The van der Waals surface area contributed by atoms with Crippen LogP contribution in [0.3, 0.4) is 0 Å². The molecular formula is C17H25NO4. The summed E-state index contributed by atoms with van der Waals surface area (Å²) < 4.78 is 4.53. The number of hydrogen-bond acceptors (Lipinski definition) is 4. The zero-order chi connectivity index (χ0) is 17.4. The molecule has 1 aliphatic rings. The van der Waals surface area contributed by atoms with Crippen LogP contribution in [0.2, 0.25) is 0 Å². The summed E-state index contributed by atoms with van der Waals surface area (Å²) >= 11 is 0. The minimum absolute atomic E-state index is 0.236. The Labute approximate surface area is 132 Å². The van der Waals surface area contributed by atoms with Crippen LogP contribution in [-0.4, -0.2) is 48.2 Å². The molecule has 0 bridgehead atoms. The van der Waals surface area contributed by atoms with Crippen molar-refractivity contribution in [1.82, 2.24) is 4.90 Å². The quantitative estimate of drug-likeness (QED) is 0.445. The van der Waals surface area contributed by atoms with Crippen LogP contribution in [0, 0.1) is 0 Å². The van der Waals surface area contributed by atoms with Crippen molar-refractivity contribution in [2.24, 2.45) is 0 Å². The van der Waals surface area contributed by atoms with Crippen LogP contribution in [0.25, 0.3) is 0 Å². The van der Waals surface area contributed by atoms with E-state index >= 15 is 0 Å². The zero-order valence-corrected chi connectivity index (χ0v) is 13.0. The fraction of sp³-hybridized carbons (Fsp3) is 0.294. The standard InChI is InChI=1S/C9H15N.C5H6O2.C3H4O2/c1-4-7-10(8-5-2)9-6-3;1-4-2-3-7-5(4)6;1-2-3(4)5/h4-6H,1-3,7-9H2;1-3H2;2H,1H2,(H,4,5). The topological polar surface area (TPSA) is 66.8 Å². The zero-order valence-electron chi connectivity index (χ0n) is 13.0. The number of carboxylic acid groups (broad SMARTS) is 1. The van der Waals surface area contributed by atoms with Crippen LogP contribution in [0.5, 0.6) is 0 Å². The molecule has 0 saturated carbocycles. The number of rotatable bonds is 7. The molecule has 22 heavy (non-hydrogen) atoms. The molecule has 0 aromatic carbocycles. The van der Waals surface area contributed by atoms with Gasteiger partial charge in [-0.2, -0.15) is 0 Å². The molecule has 1 fully saturated rings. The maximum atomic E-state index is 10.3. The highest BCUT2D eigenvalue weighted by molar-refractivity contribution is 5.89. The number of nitrogens with zero attached hydrogens (tertiary/aromatic N) is 1. The average Bonchev–Trinajstić information content (AvgIpc) is 2.85. The van der Waals surface area contributed by atoms with Gasteiger partial charge < -0.3 is 9.84 Å². The van der Waals surface area contributed by atoms with Gasteiger partial charge in [0.05, 0.1) is 6.61 Å². The molecule has 5 heteroatoms. The molecular weight excluding hydrogens is 282 g/mol. The number of ether oxygens (including phenoxy) is 1. The Morgan fingerprint density at radius 3 is 1.68 bits per heavy atom. The van der Waals surface area contributed by atoms with Gasteiger partial charge in [-0.1, -0.05) is 31.4 Å². The molecule has 1 N–H and O–H groups in total. The van der Waals surface area contributed by atoms with Crippen molar-refractivity contribution in [2.45, 2.75) is 6.42 Å². The summed E-state index contributed by atoms with van der Waals surface area (Å²) in [6, 6.07) is 0. The van der Waals surface area contributed by atoms with E-state index < -0.39 is 5.97 Å². The molecule has 0 amide bonds. The fourth-order valence-electron chi connectivity index (χ4n) is 1.24. The molecule has 5 nitrogen and oxygen atoms in total. The van der Waals surface area contributed by atoms with E-state index in [2.05, 4.69) is 42.5 Å². The van der Waals surface area contributed by atoms with Gasteiger partial charge in [-0.05, 0) is 0 Å². The minimum Gasteiger partial charge on any atom is -0.478 e. The van der Waals surface area contributed by atoms with E-state index in [1.807, 2.05) is 18.2 Å². The Morgan fingerprint density at radius 2 is 1.55 bits per heavy atom. The summed E-state index contributed by atoms with van der Waals surface area (Å²) in [4.78, 5) is 21.7. The van der Waals surface area contributed by atoms with Gasteiger partial charge in [0.15, 0.2) is 0 Å². The maximum absolute atomic E-state index is 10.3. The molecule has 1 heterocycles. The smallest absolute Gasteiger partial charge is 0.333 e. The van der Waals surface area contributed by atoms with E-state index in [1.54, 1.807) is 0 Å². The van der Waals surface area contributed by atoms with Crippen molar-refractivity contribution < 1.29 is 19.4 Å². The second-order valence-electron chi connectivity index (χ2n) is 4.12. The van der Waals surface area contributed by atoms with Gasteiger partial charge in [0.1, 0.15) is 0 Å². The first-order valence-electron chi connectivity index (χ1n) is 6.68. The lowest BCUT2D eigenvalue weighted by molar-refractivity contribution is -0.135. The molecule has 0 radical (unpaired) electrons. The van der Waals surface area contributed by atoms with Gasteiger partial charge in [0.25, 0.3) is 0 Å². The van der Waals surface area contributed by atoms with E-state index in [1.165, 1.54) is 0 Å². The number of carbonyl (C=O) groups is 2. The third-order valence-corrected chi connectivity index (χ3v) is 2.26. The summed E-state index contributed by atoms with van der Waals surface area (Å²) in [6.45, 7) is 20.6. The molecule has 0 spiro atoms. The largest absolute Gasteiger partial charge is 0.478 e. The first kappa shape index (κ1) is 21.9. The molecule has 122 valence electrons. The van der Waals surface area contributed by atoms with E-state index in [9.17, 15) is 9.59 Å². The monoisotopic (exact) mass is 307 g/mol. The summed E-state index contributed by atoms with van der Waals surface area (Å²) in [5, 5.41) is 7.60. The molecule has 1 aliphatic heterocycles. The van der Waals surface area contributed by atoms with Gasteiger partial charge in [-0.25, -0.2) is 9.59 Å². The average molecular weight is 307 g/mol. The summed E-state index contributed by atoms with van der Waals surface area (Å²) in [5.41, 5.74) is 0.597. The van der Waals surface area contributed by atoms with Crippen LogP contribution >= 0.6 is 0 Å². The molecule has 0 aromatic heterocycles. The lowest BCUT2D eigenvalue weighted by Gasteiger charge is -2.15. The molecule has 0 atom stereocenters. The highest BCUT2D eigenvalue weighted by Crippen LogP contribution is 2.08. The number of carbonyl (C=O) groups excluding carboxylic acids is 1. The summed E-state index contributed by atoms with van der Waals surface area (Å²) in [6.07, 6.45) is 7.19. The number of aliphatic carboxylic acids is 1. The molecule has 0 unspecified atom stereocenters. The van der Waals surface area contributed by atoms with E-state index in [-0.39, 0.29) is 5.97 Å². The van der Waals surface area contributed by atoms with E-state index in [0.29, 0.717) is 18.6 Å². The summed E-state index contributed by atoms with van der Waals surface area (Å²) in [7, 11) is 0. The molecule has 0 aliphatic carbocycles. The van der Waals surface area contributed by atoms with Crippen LogP contribution in [0.15, 0.2) is 62.8 Å². The van der Waals surface area contributed by atoms with Gasteiger partial charge in [-0.15, -0.1) is 19.7 Å². The number of cyclic esters (lactones) is 1. The fourth-order valence-corrected chi connectivity index (χ4v) is 1.24. The Kier molecular flexibility index (Phi) is 14.9.